The van der Waals surface area contributed by atoms with Gasteiger partial charge in [-0.15, -0.1) is 0 Å². The zero-order chi connectivity index (χ0) is 15.1. The van der Waals surface area contributed by atoms with E-state index in [2.05, 4.69) is 49.2 Å². The first-order valence-corrected chi connectivity index (χ1v) is 7.25. The molecule has 0 atom stereocenters. The van der Waals surface area contributed by atoms with Crippen molar-refractivity contribution < 1.29 is 0 Å². The summed E-state index contributed by atoms with van der Waals surface area (Å²) in [4.78, 5) is 6.45. The molecule has 0 aromatic heterocycles. The average molecular weight is 278 g/mol. The minimum atomic E-state index is 0.503. The number of rotatable bonds is 5. The lowest BCUT2D eigenvalue weighted by molar-refractivity contribution is 0.865. The van der Waals surface area contributed by atoms with Gasteiger partial charge in [0.1, 0.15) is 0 Å². The predicted molar refractivity (Wildman–Crippen MR) is 92.1 cm³/mol. The first-order chi connectivity index (χ1) is 10.2. The Kier molecular flexibility index (Phi) is 5.33. The summed E-state index contributed by atoms with van der Waals surface area (Å²) in [5.41, 5.74) is 3.65. The van der Waals surface area contributed by atoms with Crippen molar-refractivity contribution in [1.29, 1.82) is 0 Å². The molecule has 0 saturated heterocycles. The molecule has 0 aliphatic heterocycles. The van der Waals surface area contributed by atoms with Crippen LogP contribution in [-0.4, -0.2) is 13.3 Å². The van der Waals surface area contributed by atoms with Crippen LogP contribution < -0.4 is 4.90 Å². The van der Waals surface area contributed by atoms with E-state index in [1.165, 1.54) is 11.1 Å². The Morgan fingerprint density at radius 2 is 1.62 bits per heavy atom. The lowest BCUT2D eigenvalue weighted by Gasteiger charge is -2.12. The summed E-state index contributed by atoms with van der Waals surface area (Å²) in [6.45, 7) is 4.40. The number of benzene rings is 2. The van der Waals surface area contributed by atoms with Crippen molar-refractivity contribution in [2.75, 3.05) is 11.9 Å². The third kappa shape index (κ3) is 4.32. The topological polar surface area (TPSA) is 15.6 Å². The molecule has 21 heavy (non-hydrogen) atoms. The van der Waals surface area contributed by atoms with Gasteiger partial charge in [0.15, 0.2) is 0 Å². The van der Waals surface area contributed by atoms with Gasteiger partial charge in [0.05, 0.1) is 0 Å². The van der Waals surface area contributed by atoms with Gasteiger partial charge in [0.2, 0.25) is 0 Å². The number of nitrogens with zero attached hydrogens (tertiary/aromatic N) is 2. The summed E-state index contributed by atoms with van der Waals surface area (Å²) in [5.74, 6) is 0.503. The zero-order valence-electron chi connectivity index (χ0n) is 12.9. The number of hydrogen-bond acceptors (Lipinski definition) is 2. The van der Waals surface area contributed by atoms with Crippen LogP contribution in [0.1, 0.15) is 30.9 Å². The van der Waals surface area contributed by atoms with E-state index < -0.39 is 0 Å². The van der Waals surface area contributed by atoms with Gasteiger partial charge >= 0.3 is 0 Å². The summed E-state index contributed by atoms with van der Waals surface area (Å²) in [6, 6.07) is 18.6. The Morgan fingerprint density at radius 1 is 0.952 bits per heavy atom. The molecule has 0 spiro atoms. The molecule has 2 aromatic rings. The molecule has 0 heterocycles. The van der Waals surface area contributed by atoms with Gasteiger partial charge in [-0.25, -0.2) is 0 Å². The van der Waals surface area contributed by atoms with Crippen LogP contribution in [0.25, 0.3) is 0 Å². The van der Waals surface area contributed by atoms with Crippen molar-refractivity contribution in [1.82, 2.24) is 0 Å². The van der Waals surface area contributed by atoms with Gasteiger partial charge < -0.3 is 4.90 Å². The Hall–Kier alpha value is -2.35. The highest BCUT2D eigenvalue weighted by molar-refractivity contribution is 5.82. The van der Waals surface area contributed by atoms with E-state index in [0.717, 1.165) is 5.69 Å². The largest absolute Gasteiger partial charge is 0.350 e. The smallest absolute Gasteiger partial charge is 0.0430 e. The third-order valence-corrected chi connectivity index (χ3v) is 3.37. The maximum absolute atomic E-state index is 4.40. The van der Waals surface area contributed by atoms with Crippen molar-refractivity contribution in [2.45, 2.75) is 19.8 Å². The molecule has 2 rings (SSSR count). The highest BCUT2D eigenvalue weighted by atomic mass is 15.1. The van der Waals surface area contributed by atoms with Crippen LogP contribution >= 0.6 is 0 Å². The molecule has 0 aliphatic rings. The summed E-state index contributed by atoms with van der Waals surface area (Å²) in [5, 5.41) is 0. The first kappa shape index (κ1) is 15.0. The maximum Gasteiger partial charge on any atom is 0.0430 e. The number of hydrogen-bond donors (Lipinski definition) is 0. The van der Waals surface area contributed by atoms with E-state index in [4.69, 9.17) is 0 Å². The second kappa shape index (κ2) is 7.44. The van der Waals surface area contributed by atoms with Crippen LogP contribution in [0.15, 0.2) is 72.0 Å². The normalized spacial score (nSPS) is 11.6. The molecule has 0 N–H and O–H groups in total. The van der Waals surface area contributed by atoms with E-state index in [1.54, 1.807) is 0 Å². The van der Waals surface area contributed by atoms with Crippen LogP contribution in [0.5, 0.6) is 0 Å². The molecule has 0 amide bonds. The van der Waals surface area contributed by atoms with E-state index in [1.807, 2.05) is 54.8 Å². The summed E-state index contributed by atoms with van der Waals surface area (Å²) in [6.07, 6.45) is 5.71. The van der Waals surface area contributed by atoms with Gasteiger partial charge in [-0.2, -0.15) is 0 Å². The van der Waals surface area contributed by atoms with E-state index in [0.29, 0.717) is 5.92 Å². The monoisotopic (exact) mass is 278 g/mol. The van der Waals surface area contributed by atoms with E-state index >= 15 is 0 Å². The minimum absolute atomic E-state index is 0.503. The molecular formula is C19H22N2. The average Bonchev–Trinajstić information content (AvgIpc) is 2.52. The molecular weight excluding hydrogens is 256 g/mol. The maximum atomic E-state index is 4.40. The van der Waals surface area contributed by atoms with Gasteiger partial charge in [-0.05, 0) is 29.2 Å². The van der Waals surface area contributed by atoms with E-state index in [-0.39, 0.29) is 0 Å². The lowest BCUT2D eigenvalue weighted by Crippen LogP contribution is -2.06. The molecule has 0 fully saturated rings. The van der Waals surface area contributed by atoms with Crippen molar-refractivity contribution in [3.63, 3.8) is 0 Å². The fourth-order valence-electron chi connectivity index (χ4n) is 2.17. The highest BCUT2D eigenvalue weighted by Gasteiger charge is 2.02. The molecule has 2 aromatic carbocycles. The van der Waals surface area contributed by atoms with E-state index in [9.17, 15) is 0 Å². The van der Waals surface area contributed by atoms with Gasteiger partial charge in [0.25, 0.3) is 0 Å². The minimum Gasteiger partial charge on any atom is -0.350 e. The fraction of sp³-hybridized carbons (Fsp3) is 0.211. The van der Waals surface area contributed by atoms with Gasteiger partial charge in [-0.1, -0.05) is 56.3 Å². The second-order valence-electron chi connectivity index (χ2n) is 5.31. The summed E-state index contributed by atoms with van der Waals surface area (Å²) < 4.78 is 0. The van der Waals surface area contributed by atoms with Gasteiger partial charge in [-0.3, -0.25) is 4.99 Å². The Morgan fingerprint density at radius 3 is 2.33 bits per heavy atom. The first-order valence-electron chi connectivity index (χ1n) is 7.25. The molecule has 0 radical (unpaired) electrons. The van der Waals surface area contributed by atoms with Crippen LogP contribution in [0.2, 0.25) is 0 Å². The predicted octanol–water partition coefficient (Wildman–Crippen LogP) is 4.84. The molecule has 2 heteroatoms. The van der Waals surface area contributed by atoms with Crippen LogP contribution in [0.4, 0.5) is 5.69 Å². The van der Waals surface area contributed by atoms with Crippen molar-refractivity contribution in [2.24, 2.45) is 4.99 Å². The molecule has 0 bridgehead atoms. The van der Waals surface area contributed by atoms with Crippen molar-refractivity contribution >= 4 is 11.9 Å². The molecule has 108 valence electrons. The summed E-state index contributed by atoms with van der Waals surface area (Å²) >= 11 is 0. The number of para-hydroxylation sites is 1. The number of anilines is 1. The standard InChI is InChI=1S/C19H22N2/c1-16(2)19-12-8-7-9-17(19)15-20-13-14-21(3)18-10-5-4-6-11-18/h4-16H,1-3H3/b14-13-,20-15?. The van der Waals surface area contributed by atoms with Crippen LogP contribution in [0, 0.1) is 0 Å². The Balaban J connectivity index is 2.04. The number of aliphatic imine (C=N–C) groups is 1. The molecule has 0 aliphatic carbocycles. The van der Waals surface area contributed by atoms with Crippen molar-refractivity contribution in [3.8, 4) is 0 Å². The SMILES string of the molecule is CC(C)c1ccccc1C=N/C=C\N(C)c1ccccc1. The Labute approximate surface area is 127 Å². The lowest BCUT2D eigenvalue weighted by atomic mass is 9.98. The van der Waals surface area contributed by atoms with Crippen LogP contribution in [0.3, 0.4) is 0 Å². The summed E-state index contributed by atoms with van der Waals surface area (Å²) in [7, 11) is 2.02. The molecule has 0 unspecified atom stereocenters. The quantitative estimate of drug-likeness (QED) is 0.715. The third-order valence-electron chi connectivity index (χ3n) is 3.37. The fourth-order valence-corrected chi connectivity index (χ4v) is 2.17. The zero-order valence-corrected chi connectivity index (χ0v) is 12.9. The highest BCUT2D eigenvalue weighted by Crippen LogP contribution is 2.17. The molecule has 0 saturated carbocycles. The molecule has 2 nitrogen and oxygen atoms in total. The van der Waals surface area contributed by atoms with Crippen molar-refractivity contribution in [3.05, 3.63) is 78.1 Å². The van der Waals surface area contributed by atoms with Gasteiger partial charge in [0, 0.05) is 31.3 Å². The Bertz CT molecular complexity index is 612. The van der Waals surface area contributed by atoms with Crippen LogP contribution in [-0.2, 0) is 0 Å². The second-order valence-corrected chi connectivity index (χ2v) is 5.31.